The van der Waals surface area contributed by atoms with Crippen molar-refractivity contribution in [2.75, 3.05) is 11.9 Å². The van der Waals surface area contributed by atoms with E-state index >= 15 is 0 Å². The Morgan fingerprint density at radius 2 is 1.62 bits per heavy atom. The fraction of sp³-hybridized carbons (Fsp3) is 0.250. The first-order valence-electron chi connectivity index (χ1n) is 9.81. The summed E-state index contributed by atoms with van der Waals surface area (Å²) < 4.78 is 5.40. The number of amides is 2. The summed E-state index contributed by atoms with van der Waals surface area (Å²) in [7, 11) is 0. The lowest BCUT2D eigenvalue weighted by Crippen LogP contribution is -2.47. The van der Waals surface area contributed by atoms with Crippen molar-refractivity contribution in [2.24, 2.45) is 5.92 Å². The van der Waals surface area contributed by atoms with Crippen LogP contribution in [-0.2, 0) is 4.79 Å². The van der Waals surface area contributed by atoms with E-state index in [-0.39, 0.29) is 17.7 Å². The van der Waals surface area contributed by atoms with Gasteiger partial charge < -0.3 is 15.4 Å². The minimum absolute atomic E-state index is 0.0675. The SMILES string of the molecule is CCOc1ccc(C(=O)N[C@H](C(=O)Nc2ccc3ccccc3c2)C(C)C)cc1. The zero-order chi connectivity index (χ0) is 20.8. The van der Waals surface area contributed by atoms with Crippen LogP contribution in [0, 0.1) is 5.92 Å². The molecule has 2 N–H and O–H groups in total. The molecule has 0 aromatic heterocycles. The average Bonchev–Trinajstić information content (AvgIpc) is 2.72. The maximum atomic E-state index is 12.9. The minimum Gasteiger partial charge on any atom is -0.494 e. The van der Waals surface area contributed by atoms with Crippen LogP contribution >= 0.6 is 0 Å². The van der Waals surface area contributed by atoms with Gasteiger partial charge in [-0.2, -0.15) is 0 Å². The second-order valence-electron chi connectivity index (χ2n) is 7.20. The maximum Gasteiger partial charge on any atom is 0.251 e. The Balaban J connectivity index is 1.70. The minimum atomic E-state index is -0.652. The molecule has 0 unspecified atom stereocenters. The van der Waals surface area contributed by atoms with Crippen LogP contribution in [0.2, 0.25) is 0 Å². The summed E-state index contributed by atoms with van der Waals surface area (Å²) in [6.07, 6.45) is 0. The number of hydrogen-bond acceptors (Lipinski definition) is 3. The molecular weight excluding hydrogens is 364 g/mol. The van der Waals surface area contributed by atoms with Crippen molar-refractivity contribution in [1.29, 1.82) is 0 Å². The highest BCUT2D eigenvalue weighted by molar-refractivity contribution is 6.02. The average molecular weight is 390 g/mol. The first-order chi connectivity index (χ1) is 14.0. The van der Waals surface area contributed by atoms with E-state index in [9.17, 15) is 9.59 Å². The Hall–Kier alpha value is -3.34. The van der Waals surface area contributed by atoms with E-state index in [1.807, 2.05) is 63.2 Å². The Morgan fingerprint density at radius 3 is 2.28 bits per heavy atom. The normalized spacial score (nSPS) is 11.9. The number of carbonyl (C=O) groups excluding carboxylic acids is 2. The summed E-state index contributed by atoms with van der Waals surface area (Å²) in [6, 6.07) is 20.0. The molecule has 3 aromatic carbocycles. The third-order valence-electron chi connectivity index (χ3n) is 4.68. The van der Waals surface area contributed by atoms with Crippen LogP contribution in [0.15, 0.2) is 66.7 Å². The molecule has 1 atom stereocenters. The van der Waals surface area contributed by atoms with Crippen LogP contribution in [0.25, 0.3) is 10.8 Å². The molecule has 3 aromatic rings. The van der Waals surface area contributed by atoms with Gasteiger partial charge in [0.15, 0.2) is 0 Å². The number of fused-ring (bicyclic) bond motifs is 1. The van der Waals surface area contributed by atoms with Gasteiger partial charge in [0.1, 0.15) is 11.8 Å². The number of hydrogen-bond donors (Lipinski definition) is 2. The first-order valence-corrected chi connectivity index (χ1v) is 9.81. The van der Waals surface area contributed by atoms with Crippen molar-refractivity contribution in [3.8, 4) is 5.75 Å². The van der Waals surface area contributed by atoms with Gasteiger partial charge in [0.2, 0.25) is 5.91 Å². The standard InChI is InChI=1S/C24H26N2O3/c1-4-29-21-13-10-18(11-14-21)23(27)26-22(16(2)3)24(28)25-20-12-9-17-7-5-6-8-19(17)15-20/h5-16,22H,4H2,1-3H3,(H,25,28)(H,26,27)/t22-/m0/s1. The van der Waals surface area contributed by atoms with Gasteiger partial charge in [-0.25, -0.2) is 0 Å². The molecule has 0 aliphatic rings. The number of rotatable bonds is 7. The number of carbonyl (C=O) groups is 2. The van der Waals surface area contributed by atoms with Gasteiger partial charge in [-0.05, 0) is 60.0 Å². The Kier molecular flexibility index (Phi) is 6.50. The van der Waals surface area contributed by atoms with E-state index in [1.165, 1.54) is 0 Å². The number of nitrogens with one attached hydrogen (secondary N) is 2. The van der Waals surface area contributed by atoms with Gasteiger partial charge in [0.25, 0.3) is 5.91 Å². The van der Waals surface area contributed by atoms with Gasteiger partial charge in [-0.3, -0.25) is 9.59 Å². The summed E-state index contributed by atoms with van der Waals surface area (Å²) in [5.74, 6) is 0.107. The molecule has 5 nitrogen and oxygen atoms in total. The van der Waals surface area contributed by atoms with E-state index in [2.05, 4.69) is 10.6 Å². The molecule has 0 heterocycles. The van der Waals surface area contributed by atoms with Crippen LogP contribution in [0.1, 0.15) is 31.1 Å². The quantitative estimate of drug-likeness (QED) is 0.618. The van der Waals surface area contributed by atoms with Crippen LogP contribution in [0.4, 0.5) is 5.69 Å². The van der Waals surface area contributed by atoms with Crippen molar-refractivity contribution < 1.29 is 14.3 Å². The molecule has 0 fully saturated rings. The topological polar surface area (TPSA) is 67.4 Å². The molecule has 0 bridgehead atoms. The number of anilines is 1. The largest absolute Gasteiger partial charge is 0.494 e. The van der Waals surface area contributed by atoms with Gasteiger partial charge in [0.05, 0.1) is 6.61 Å². The van der Waals surface area contributed by atoms with E-state index < -0.39 is 6.04 Å². The van der Waals surface area contributed by atoms with E-state index in [1.54, 1.807) is 24.3 Å². The lowest BCUT2D eigenvalue weighted by Gasteiger charge is -2.22. The molecule has 0 aliphatic heterocycles. The maximum absolute atomic E-state index is 12.9. The second-order valence-corrected chi connectivity index (χ2v) is 7.20. The van der Waals surface area contributed by atoms with Gasteiger partial charge in [-0.15, -0.1) is 0 Å². The number of benzene rings is 3. The smallest absolute Gasteiger partial charge is 0.251 e. The second kappa shape index (κ2) is 9.24. The molecule has 0 saturated carbocycles. The van der Waals surface area contributed by atoms with Gasteiger partial charge in [-0.1, -0.05) is 44.2 Å². The summed E-state index contributed by atoms with van der Waals surface area (Å²) in [4.78, 5) is 25.5. The summed E-state index contributed by atoms with van der Waals surface area (Å²) >= 11 is 0. The van der Waals surface area contributed by atoms with Crippen molar-refractivity contribution in [2.45, 2.75) is 26.8 Å². The lowest BCUT2D eigenvalue weighted by atomic mass is 10.0. The molecule has 5 heteroatoms. The predicted octanol–water partition coefficient (Wildman–Crippen LogP) is 4.63. The monoisotopic (exact) mass is 390 g/mol. The van der Waals surface area contributed by atoms with Crippen LogP contribution < -0.4 is 15.4 Å². The predicted molar refractivity (Wildman–Crippen MR) is 116 cm³/mol. The Labute approximate surface area is 171 Å². The van der Waals surface area contributed by atoms with E-state index in [4.69, 9.17) is 4.74 Å². The summed E-state index contributed by atoms with van der Waals surface area (Å²) in [5, 5.41) is 7.93. The Morgan fingerprint density at radius 1 is 0.931 bits per heavy atom. The lowest BCUT2D eigenvalue weighted by molar-refractivity contribution is -0.118. The summed E-state index contributed by atoms with van der Waals surface area (Å²) in [5.41, 5.74) is 1.19. The molecular formula is C24H26N2O3. The summed E-state index contributed by atoms with van der Waals surface area (Å²) in [6.45, 7) is 6.28. The Bertz CT molecular complexity index is 996. The molecule has 29 heavy (non-hydrogen) atoms. The number of ether oxygens (including phenoxy) is 1. The van der Waals surface area contributed by atoms with Crippen molar-refractivity contribution >= 4 is 28.3 Å². The fourth-order valence-electron chi connectivity index (χ4n) is 3.12. The van der Waals surface area contributed by atoms with Crippen LogP contribution in [0.3, 0.4) is 0 Å². The molecule has 0 aliphatic carbocycles. The van der Waals surface area contributed by atoms with Crippen LogP contribution in [-0.4, -0.2) is 24.5 Å². The third kappa shape index (κ3) is 5.13. The van der Waals surface area contributed by atoms with Crippen molar-refractivity contribution in [1.82, 2.24) is 5.32 Å². The zero-order valence-electron chi connectivity index (χ0n) is 16.9. The first kappa shape index (κ1) is 20.4. The zero-order valence-corrected chi connectivity index (χ0v) is 16.9. The molecule has 0 spiro atoms. The fourth-order valence-corrected chi connectivity index (χ4v) is 3.12. The highest BCUT2D eigenvalue weighted by atomic mass is 16.5. The molecule has 0 radical (unpaired) electrons. The van der Waals surface area contributed by atoms with E-state index in [0.717, 1.165) is 10.8 Å². The highest BCUT2D eigenvalue weighted by Gasteiger charge is 2.25. The van der Waals surface area contributed by atoms with E-state index in [0.29, 0.717) is 23.6 Å². The van der Waals surface area contributed by atoms with Crippen LogP contribution in [0.5, 0.6) is 5.75 Å². The molecule has 150 valence electrons. The van der Waals surface area contributed by atoms with Crippen molar-refractivity contribution in [3.63, 3.8) is 0 Å². The van der Waals surface area contributed by atoms with Gasteiger partial charge >= 0.3 is 0 Å². The molecule has 2 amide bonds. The van der Waals surface area contributed by atoms with Crippen molar-refractivity contribution in [3.05, 3.63) is 72.3 Å². The van der Waals surface area contributed by atoms with Gasteiger partial charge in [0, 0.05) is 11.3 Å². The third-order valence-corrected chi connectivity index (χ3v) is 4.68. The molecule has 0 saturated heterocycles. The highest BCUT2D eigenvalue weighted by Crippen LogP contribution is 2.20. The molecule has 3 rings (SSSR count).